The molecular formula is C9H17NO3S. The van der Waals surface area contributed by atoms with Crippen molar-refractivity contribution in [3.63, 3.8) is 0 Å². The molecule has 0 atom stereocenters. The van der Waals surface area contributed by atoms with Crippen molar-refractivity contribution in [2.45, 2.75) is 38.1 Å². The Morgan fingerprint density at radius 3 is 2.43 bits per heavy atom. The van der Waals surface area contributed by atoms with Crippen molar-refractivity contribution >= 4 is 15.6 Å². The Hall–Kier alpha value is -0.420. The van der Waals surface area contributed by atoms with Crippen LogP contribution in [0.5, 0.6) is 0 Å². The Balaban J connectivity index is 2.25. The van der Waals surface area contributed by atoms with Gasteiger partial charge in [0.2, 0.25) is 0 Å². The van der Waals surface area contributed by atoms with Gasteiger partial charge < -0.3 is 5.73 Å². The summed E-state index contributed by atoms with van der Waals surface area (Å²) in [5.74, 6) is 0.268. The van der Waals surface area contributed by atoms with Gasteiger partial charge in [-0.15, -0.1) is 0 Å². The summed E-state index contributed by atoms with van der Waals surface area (Å²) in [6.45, 7) is 1.61. The molecule has 0 aliphatic heterocycles. The van der Waals surface area contributed by atoms with E-state index in [0.29, 0.717) is 12.8 Å². The van der Waals surface area contributed by atoms with Crippen molar-refractivity contribution in [3.8, 4) is 0 Å². The molecule has 0 aromatic heterocycles. The third-order valence-corrected chi connectivity index (χ3v) is 4.43. The van der Waals surface area contributed by atoms with Crippen LogP contribution in [0.3, 0.4) is 0 Å². The third kappa shape index (κ3) is 3.06. The first-order valence-electron chi connectivity index (χ1n) is 4.92. The summed E-state index contributed by atoms with van der Waals surface area (Å²) < 4.78 is 22.2. The molecule has 1 saturated carbocycles. The van der Waals surface area contributed by atoms with Crippen molar-refractivity contribution in [1.82, 2.24) is 0 Å². The lowest BCUT2D eigenvalue weighted by atomic mass is 10.1. The maximum absolute atomic E-state index is 11.4. The number of hydrogen-bond donors (Lipinski definition) is 1. The molecule has 0 aromatic rings. The zero-order valence-electron chi connectivity index (χ0n) is 8.45. The summed E-state index contributed by atoms with van der Waals surface area (Å²) in [5, 5.41) is 0. The number of sulfone groups is 1. The molecule has 5 heteroatoms. The van der Waals surface area contributed by atoms with E-state index in [1.807, 2.05) is 0 Å². The average molecular weight is 219 g/mol. The summed E-state index contributed by atoms with van der Waals surface area (Å²) in [7, 11) is -2.93. The molecule has 0 spiro atoms. The van der Waals surface area contributed by atoms with Crippen LogP contribution in [0.15, 0.2) is 0 Å². The molecule has 0 unspecified atom stereocenters. The van der Waals surface area contributed by atoms with Crippen molar-refractivity contribution in [2.24, 2.45) is 5.73 Å². The molecule has 0 radical (unpaired) electrons. The molecule has 0 amide bonds. The van der Waals surface area contributed by atoms with Crippen LogP contribution in [0.2, 0.25) is 0 Å². The molecule has 0 bridgehead atoms. The number of ketones is 1. The van der Waals surface area contributed by atoms with E-state index in [2.05, 4.69) is 0 Å². The SMILES string of the molecule is CCS(=O)(=O)CCCC(=O)C1(N)CC1. The van der Waals surface area contributed by atoms with Gasteiger partial charge in [0.05, 0.1) is 11.3 Å². The first-order chi connectivity index (χ1) is 6.40. The van der Waals surface area contributed by atoms with Gasteiger partial charge in [-0.2, -0.15) is 0 Å². The zero-order chi connectivity index (χ0) is 10.8. The minimum Gasteiger partial charge on any atom is -0.319 e. The number of hydrogen-bond acceptors (Lipinski definition) is 4. The predicted molar refractivity (Wildman–Crippen MR) is 54.7 cm³/mol. The molecule has 82 valence electrons. The summed E-state index contributed by atoms with van der Waals surface area (Å²) in [6, 6.07) is 0. The van der Waals surface area contributed by atoms with Gasteiger partial charge in [0.1, 0.15) is 9.84 Å². The summed E-state index contributed by atoms with van der Waals surface area (Å²) in [6.07, 6.45) is 2.22. The van der Waals surface area contributed by atoms with Crippen LogP contribution in [-0.2, 0) is 14.6 Å². The van der Waals surface area contributed by atoms with Crippen LogP contribution in [-0.4, -0.2) is 31.2 Å². The highest BCUT2D eigenvalue weighted by atomic mass is 32.2. The van der Waals surface area contributed by atoms with Crippen LogP contribution in [0, 0.1) is 0 Å². The highest BCUT2D eigenvalue weighted by molar-refractivity contribution is 7.91. The number of rotatable bonds is 6. The first kappa shape index (κ1) is 11.7. The van der Waals surface area contributed by atoms with E-state index < -0.39 is 15.4 Å². The second-order valence-corrected chi connectivity index (χ2v) is 6.39. The van der Waals surface area contributed by atoms with Crippen LogP contribution in [0.4, 0.5) is 0 Å². The molecule has 14 heavy (non-hydrogen) atoms. The minimum absolute atomic E-state index is 0.0174. The molecule has 4 nitrogen and oxygen atoms in total. The van der Waals surface area contributed by atoms with E-state index in [1.54, 1.807) is 6.92 Å². The Labute approximate surface area is 84.8 Å². The molecule has 1 aliphatic carbocycles. The third-order valence-electron chi connectivity index (χ3n) is 2.64. The number of Topliss-reactive ketones (excluding diaryl/α,β-unsaturated/α-hetero) is 1. The smallest absolute Gasteiger partial charge is 0.152 e. The number of nitrogens with two attached hydrogens (primary N) is 1. The van der Waals surface area contributed by atoms with E-state index >= 15 is 0 Å². The molecular weight excluding hydrogens is 202 g/mol. The lowest BCUT2D eigenvalue weighted by molar-refractivity contribution is -0.121. The lowest BCUT2D eigenvalue weighted by Crippen LogP contribution is -2.32. The van der Waals surface area contributed by atoms with Gasteiger partial charge in [-0.1, -0.05) is 6.92 Å². The van der Waals surface area contributed by atoms with Crippen LogP contribution in [0.1, 0.15) is 32.6 Å². The van der Waals surface area contributed by atoms with E-state index in [1.165, 1.54) is 0 Å². The summed E-state index contributed by atoms with van der Waals surface area (Å²) >= 11 is 0. The maximum atomic E-state index is 11.4. The zero-order valence-corrected chi connectivity index (χ0v) is 9.27. The molecule has 1 fully saturated rings. The van der Waals surface area contributed by atoms with Gasteiger partial charge in [-0.3, -0.25) is 4.79 Å². The molecule has 1 rings (SSSR count). The van der Waals surface area contributed by atoms with Gasteiger partial charge in [-0.25, -0.2) is 8.42 Å². The Kier molecular flexibility index (Phi) is 3.32. The highest BCUT2D eigenvalue weighted by Crippen LogP contribution is 2.34. The maximum Gasteiger partial charge on any atom is 0.152 e. The Morgan fingerprint density at radius 2 is 2.00 bits per heavy atom. The van der Waals surface area contributed by atoms with Gasteiger partial charge >= 0.3 is 0 Å². The van der Waals surface area contributed by atoms with E-state index in [4.69, 9.17) is 5.73 Å². The van der Waals surface area contributed by atoms with Gasteiger partial charge in [0, 0.05) is 12.2 Å². The fraction of sp³-hybridized carbons (Fsp3) is 0.889. The van der Waals surface area contributed by atoms with Gasteiger partial charge in [-0.05, 0) is 19.3 Å². The fourth-order valence-electron chi connectivity index (χ4n) is 1.26. The summed E-state index contributed by atoms with van der Waals surface area (Å²) in [4.78, 5) is 11.4. The molecule has 0 aromatic carbocycles. The van der Waals surface area contributed by atoms with Crippen molar-refractivity contribution < 1.29 is 13.2 Å². The van der Waals surface area contributed by atoms with Crippen molar-refractivity contribution in [3.05, 3.63) is 0 Å². The standard InChI is InChI=1S/C9H17NO3S/c1-2-14(12,13)7-3-4-8(11)9(10)5-6-9/h2-7,10H2,1H3. The first-order valence-corrected chi connectivity index (χ1v) is 6.74. The Bertz CT molecular complexity index is 317. The lowest BCUT2D eigenvalue weighted by Gasteiger charge is -2.06. The van der Waals surface area contributed by atoms with Crippen LogP contribution < -0.4 is 5.73 Å². The minimum atomic E-state index is -2.93. The van der Waals surface area contributed by atoms with E-state index in [-0.39, 0.29) is 17.3 Å². The van der Waals surface area contributed by atoms with Gasteiger partial charge in [0.15, 0.2) is 5.78 Å². The van der Waals surface area contributed by atoms with Crippen molar-refractivity contribution in [1.29, 1.82) is 0 Å². The molecule has 0 heterocycles. The van der Waals surface area contributed by atoms with Crippen LogP contribution in [0.25, 0.3) is 0 Å². The monoisotopic (exact) mass is 219 g/mol. The number of carbonyl (C=O) groups excluding carboxylic acids is 1. The second kappa shape index (κ2) is 3.98. The van der Waals surface area contributed by atoms with E-state index in [9.17, 15) is 13.2 Å². The fourth-order valence-corrected chi connectivity index (χ4v) is 2.13. The molecule has 0 saturated heterocycles. The highest BCUT2D eigenvalue weighted by Gasteiger charge is 2.44. The quantitative estimate of drug-likeness (QED) is 0.695. The average Bonchev–Trinajstić information content (AvgIpc) is 2.85. The topological polar surface area (TPSA) is 77.2 Å². The van der Waals surface area contributed by atoms with Crippen LogP contribution >= 0.6 is 0 Å². The molecule has 1 aliphatic rings. The predicted octanol–water partition coefficient (Wildman–Crippen LogP) is 0.262. The number of carbonyl (C=O) groups is 1. The van der Waals surface area contributed by atoms with E-state index in [0.717, 1.165) is 12.8 Å². The van der Waals surface area contributed by atoms with Gasteiger partial charge in [0.25, 0.3) is 0 Å². The molecule has 2 N–H and O–H groups in total. The Morgan fingerprint density at radius 1 is 1.43 bits per heavy atom. The summed E-state index contributed by atoms with van der Waals surface area (Å²) in [5.41, 5.74) is 5.07. The van der Waals surface area contributed by atoms with Crippen molar-refractivity contribution in [2.75, 3.05) is 11.5 Å². The normalized spacial score (nSPS) is 19.3. The largest absolute Gasteiger partial charge is 0.319 e. The second-order valence-electron chi connectivity index (χ2n) is 3.92.